The Morgan fingerprint density at radius 2 is 1.85 bits per heavy atom. The van der Waals surface area contributed by atoms with Gasteiger partial charge in [-0.15, -0.1) is 0 Å². The zero-order chi connectivity index (χ0) is 25.0. The second kappa shape index (κ2) is 11.0. The fourth-order valence-electron chi connectivity index (χ4n) is 4.35. The number of hydrogen-bond acceptors (Lipinski definition) is 7. The number of nitrogens with zero attached hydrogens (tertiary/aromatic N) is 3. The molecule has 34 heavy (non-hydrogen) atoms. The van der Waals surface area contributed by atoms with E-state index in [0.717, 1.165) is 12.1 Å². The van der Waals surface area contributed by atoms with Gasteiger partial charge in [-0.05, 0) is 32.8 Å². The van der Waals surface area contributed by atoms with Gasteiger partial charge in [-0.3, -0.25) is 14.5 Å². The van der Waals surface area contributed by atoms with E-state index in [-0.39, 0.29) is 30.3 Å². The molecule has 0 aliphatic carbocycles. The van der Waals surface area contributed by atoms with Crippen molar-refractivity contribution in [1.29, 1.82) is 0 Å². The number of amides is 2. The minimum Gasteiger partial charge on any atom is -0.493 e. The van der Waals surface area contributed by atoms with Gasteiger partial charge in [0.1, 0.15) is 16.8 Å². The topological polar surface area (TPSA) is 125 Å². The molecule has 12 heteroatoms. The first kappa shape index (κ1) is 26.3. The maximum Gasteiger partial charge on any atom is 0.245 e. The summed E-state index contributed by atoms with van der Waals surface area (Å²) >= 11 is 0. The number of carbonyl (C=O) groups is 2. The Hall–Kier alpha value is -2.28. The lowest BCUT2D eigenvalue weighted by Gasteiger charge is -2.38. The molecule has 0 unspecified atom stereocenters. The lowest BCUT2D eigenvalue weighted by Crippen LogP contribution is -2.57. The summed E-state index contributed by atoms with van der Waals surface area (Å²) in [5.41, 5.74) is 5.81. The summed E-state index contributed by atoms with van der Waals surface area (Å²) < 4.78 is 48.8. The molecule has 1 aromatic rings. The van der Waals surface area contributed by atoms with E-state index in [1.165, 1.54) is 12.0 Å². The summed E-state index contributed by atoms with van der Waals surface area (Å²) in [7, 11) is -3.16. The zero-order valence-corrected chi connectivity index (χ0v) is 20.7. The van der Waals surface area contributed by atoms with Crippen LogP contribution in [-0.2, 0) is 19.6 Å². The molecule has 2 amide bonds. The van der Waals surface area contributed by atoms with Crippen molar-refractivity contribution < 1.29 is 27.1 Å². The molecule has 2 aliphatic heterocycles. The Morgan fingerprint density at radius 3 is 2.41 bits per heavy atom. The molecular formula is C22H34FN5O5S. The van der Waals surface area contributed by atoms with E-state index >= 15 is 0 Å². The third kappa shape index (κ3) is 5.68. The van der Waals surface area contributed by atoms with Crippen LogP contribution in [0.4, 0.5) is 10.1 Å². The van der Waals surface area contributed by atoms with Crippen molar-refractivity contribution in [3.63, 3.8) is 0 Å². The molecule has 2 fully saturated rings. The number of rotatable bonds is 8. The van der Waals surface area contributed by atoms with Crippen LogP contribution in [0.2, 0.25) is 0 Å². The van der Waals surface area contributed by atoms with Crippen LogP contribution < -0.4 is 20.1 Å². The van der Waals surface area contributed by atoms with Crippen LogP contribution in [0.25, 0.3) is 0 Å². The zero-order valence-electron chi connectivity index (χ0n) is 19.9. The molecular weight excluding hydrogens is 465 g/mol. The van der Waals surface area contributed by atoms with Crippen molar-refractivity contribution in [1.82, 2.24) is 14.5 Å². The highest BCUT2D eigenvalue weighted by atomic mass is 32.2. The molecule has 1 atom stereocenters. The van der Waals surface area contributed by atoms with Gasteiger partial charge in [0.05, 0.1) is 12.8 Å². The van der Waals surface area contributed by atoms with E-state index in [1.54, 1.807) is 4.90 Å². The molecule has 0 radical (unpaired) electrons. The molecule has 2 heterocycles. The van der Waals surface area contributed by atoms with Crippen LogP contribution >= 0.6 is 0 Å². The van der Waals surface area contributed by atoms with Gasteiger partial charge < -0.3 is 20.3 Å². The van der Waals surface area contributed by atoms with Gasteiger partial charge in [-0.25, -0.2) is 12.8 Å². The second-order valence-corrected chi connectivity index (χ2v) is 10.5. The Kier molecular flexibility index (Phi) is 8.50. The summed E-state index contributed by atoms with van der Waals surface area (Å²) in [6, 6.07) is 1.03. The first-order chi connectivity index (χ1) is 16.1. The maximum atomic E-state index is 14.5. The predicted molar refractivity (Wildman–Crippen MR) is 126 cm³/mol. The van der Waals surface area contributed by atoms with E-state index in [9.17, 15) is 22.4 Å². The first-order valence-electron chi connectivity index (χ1n) is 11.5. The van der Waals surface area contributed by atoms with Gasteiger partial charge in [0, 0.05) is 57.8 Å². The van der Waals surface area contributed by atoms with Gasteiger partial charge in [-0.1, -0.05) is 0 Å². The molecule has 0 aromatic heterocycles. The van der Waals surface area contributed by atoms with Crippen molar-refractivity contribution in [3.05, 3.63) is 17.9 Å². The highest BCUT2D eigenvalue weighted by molar-refractivity contribution is 7.89. The predicted octanol–water partition coefficient (Wildman–Crippen LogP) is 0.509. The highest BCUT2D eigenvalue weighted by Crippen LogP contribution is 2.37. The number of sulfonamides is 1. The molecule has 2 saturated heterocycles. The van der Waals surface area contributed by atoms with E-state index < -0.39 is 32.7 Å². The number of piperidine rings is 1. The smallest absolute Gasteiger partial charge is 0.245 e. The lowest BCUT2D eigenvalue weighted by molar-refractivity contribution is -0.134. The Balaban J connectivity index is 1.86. The quantitative estimate of drug-likeness (QED) is 0.534. The van der Waals surface area contributed by atoms with Crippen molar-refractivity contribution in [3.8, 4) is 5.75 Å². The Bertz CT molecular complexity index is 1010. The molecule has 1 aromatic carbocycles. The molecule has 2 aliphatic rings. The van der Waals surface area contributed by atoms with Crippen LogP contribution in [0.1, 0.15) is 33.1 Å². The van der Waals surface area contributed by atoms with Gasteiger partial charge >= 0.3 is 0 Å². The van der Waals surface area contributed by atoms with Crippen molar-refractivity contribution in [2.45, 2.75) is 50.1 Å². The maximum absolute atomic E-state index is 14.5. The molecule has 3 rings (SSSR count). The second-order valence-electron chi connectivity index (χ2n) is 8.82. The third-order valence-electron chi connectivity index (χ3n) is 6.30. The van der Waals surface area contributed by atoms with Crippen LogP contribution in [0.15, 0.2) is 17.0 Å². The third-order valence-corrected chi connectivity index (χ3v) is 7.77. The fraction of sp³-hybridized carbons (Fsp3) is 0.636. The molecule has 0 bridgehead atoms. The van der Waals surface area contributed by atoms with Gasteiger partial charge in [0.2, 0.25) is 21.8 Å². The van der Waals surface area contributed by atoms with Crippen LogP contribution in [0, 0.1) is 5.82 Å². The number of hydrogen-bond donors (Lipinski definition) is 2. The average Bonchev–Trinajstić information content (AvgIpc) is 2.82. The number of ether oxygens (including phenoxy) is 1. The standard InChI is InChI=1S/C22H34FN5O5S/c1-15(2)26-8-10-27(11-9-26)22(30)17(14-24)25-34(31,32)19-13-16(23)12-18(21(19)33-3)28-7-5-4-6-20(28)29/h12-13,15,17,25H,4-11,14,24H2,1-3H3/t17-/m0/s1. The van der Waals surface area contributed by atoms with Crippen LogP contribution in [-0.4, -0.2) is 88.5 Å². The number of methoxy groups -OCH3 is 1. The molecule has 0 spiro atoms. The van der Waals surface area contributed by atoms with Crippen LogP contribution in [0.3, 0.4) is 0 Å². The summed E-state index contributed by atoms with van der Waals surface area (Å²) in [5.74, 6) is -1.66. The van der Waals surface area contributed by atoms with Crippen molar-refractivity contribution >= 4 is 27.5 Å². The van der Waals surface area contributed by atoms with E-state index in [1.807, 2.05) is 0 Å². The van der Waals surface area contributed by atoms with E-state index in [2.05, 4.69) is 23.5 Å². The first-order valence-corrected chi connectivity index (χ1v) is 13.0. The summed E-state index contributed by atoms with van der Waals surface area (Å²) in [4.78, 5) is 30.1. The number of benzene rings is 1. The number of nitrogens with two attached hydrogens (primary N) is 1. The van der Waals surface area contributed by atoms with Crippen LogP contribution in [0.5, 0.6) is 5.75 Å². The molecule has 0 saturated carbocycles. The monoisotopic (exact) mass is 499 g/mol. The summed E-state index contributed by atoms with van der Waals surface area (Å²) in [5, 5.41) is 0. The normalized spacial score (nSPS) is 18.9. The van der Waals surface area contributed by atoms with Gasteiger partial charge in [0.15, 0.2) is 5.75 Å². The molecule has 3 N–H and O–H groups in total. The van der Waals surface area contributed by atoms with Gasteiger partial charge in [0.25, 0.3) is 0 Å². The average molecular weight is 500 g/mol. The molecule has 190 valence electrons. The lowest BCUT2D eigenvalue weighted by atomic mass is 10.1. The van der Waals surface area contributed by atoms with Crippen molar-refractivity contribution in [2.24, 2.45) is 5.73 Å². The number of piperazine rings is 1. The summed E-state index contributed by atoms with van der Waals surface area (Å²) in [6.45, 7) is 6.49. The molecule has 10 nitrogen and oxygen atoms in total. The minimum absolute atomic E-state index is 0.0491. The number of carbonyl (C=O) groups excluding carboxylic acids is 2. The Morgan fingerprint density at radius 1 is 1.18 bits per heavy atom. The number of anilines is 1. The van der Waals surface area contributed by atoms with Crippen molar-refractivity contribution in [2.75, 3.05) is 51.3 Å². The highest BCUT2D eigenvalue weighted by Gasteiger charge is 2.34. The van der Waals surface area contributed by atoms with E-state index in [4.69, 9.17) is 10.5 Å². The number of nitrogens with one attached hydrogen (secondary N) is 1. The summed E-state index contributed by atoms with van der Waals surface area (Å²) in [6.07, 6.45) is 1.71. The Labute approximate surface area is 200 Å². The van der Waals surface area contributed by atoms with E-state index in [0.29, 0.717) is 51.6 Å². The largest absolute Gasteiger partial charge is 0.493 e. The minimum atomic E-state index is -4.41. The fourth-order valence-corrected chi connectivity index (χ4v) is 5.75. The van der Waals surface area contributed by atoms with Gasteiger partial charge in [-0.2, -0.15) is 4.72 Å². The SMILES string of the molecule is COc1c(N2CCCCC2=O)cc(F)cc1S(=O)(=O)N[C@@H](CN)C(=O)N1CCN(C(C)C)CC1. The number of halogens is 1.